The number of hydrogen-bond donors (Lipinski definition) is 1. The maximum Gasteiger partial charge on any atom is 0.237 e. The molecule has 0 unspecified atom stereocenters. The number of primary amides is 1. The first-order valence-electron chi connectivity index (χ1n) is 7.18. The molecule has 4 nitrogen and oxygen atoms in total. The highest BCUT2D eigenvalue weighted by molar-refractivity contribution is 8.00. The zero-order valence-corrected chi connectivity index (χ0v) is 14.3. The Bertz CT molecular complexity index is 708. The van der Waals surface area contributed by atoms with Crippen molar-refractivity contribution in [3.63, 3.8) is 0 Å². The van der Waals surface area contributed by atoms with Crippen molar-refractivity contribution < 1.29 is 14.0 Å². The van der Waals surface area contributed by atoms with E-state index >= 15 is 0 Å². The minimum Gasteiger partial charge on any atom is -0.370 e. The Balaban J connectivity index is 2.07. The Morgan fingerprint density at radius 2 is 1.71 bits per heavy atom. The van der Waals surface area contributed by atoms with Gasteiger partial charge in [0.1, 0.15) is 5.82 Å². The molecule has 126 valence electrons. The fourth-order valence-corrected chi connectivity index (χ4v) is 2.90. The van der Waals surface area contributed by atoms with E-state index in [0.29, 0.717) is 10.7 Å². The number of halogens is 2. The summed E-state index contributed by atoms with van der Waals surface area (Å²) in [6.45, 7) is 0.154. The van der Waals surface area contributed by atoms with E-state index in [1.54, 1.807) is 12.1 Å². The molecule has 0 aliphatic heterocycles. The van der Waals surface area contributed by atoms with Crippen LogP contribution >= 0.6 is 23.4 Å². The van der Waals surface area contributed by atoms with Crippen molar-refractivity contribution >= 4 is 40.9 Å². The first-order valence-corrected chi connectivity index (χ1v) is 8.54. The Morgan fingerprint density at radius 3 is 2.29 bits per heavy atom. The molecule has 0 heterocycles. The summed E-state index contributed by atoms with van der Waals surface area (Å²) in [4.78, 5) is 25.9. The van der Waals surface area contributed by atoms with Crippen LogP contribution in [0.2, 0.25) is 5.02 Å². The predicted molar refractivity (Wildman–Crippen MR) is 94.7 cm³/mol. The number of amides is 2. The van der Waals surface area contributed by atoms with E-state index in [0.717, 1.165) is 4.90 Å². The van der Waals surface area contributed by atoms with Crippen molar-refractivity contribution in [3.05, 3.63) is 59.4 Å². The molecule has 0 atom stereocenters. The van der Waals surface area contributed by atoms with E-state index in [1.165, 1.54) is 40.9 Å². The highest BCUT2D eigenvalue weighted by atomic mass is 35.5. The summed E-state index contributed by atoms with van der Waals surface area (Å²) in [5, 5.41) is 0.625. The molecule has 2 rings (SSSR count). The second kappa shape index (κ2) is 8.70. The standard InChI is InChI=1S/C17H16ClFN2O2S/c18-12-1-7-15(8-2-12)24-11-17(23)21(10-9-16(20)22)14-5-3-13(19)4-6-14/h1-8H,9-11H2,(H2,20,22). The van der Waals surface area contributed by atoms with E-state index in [9.17, 15) is 14.0 Å². The molecule has 0 bridgehead atoms. The quantitative estimate of drug-likeness (QED) is 0.763. The predicted octanol–water partition coefficient (Wildman–Crippen LogP) is 3.48. The van der Waals surface area contributed by atoms with Gasteiger partial charge in [-0.15, -0.1) is 11.8 Å². The Hall–Kier alpha value is -2.05. The van der Waals surface area contributed by atoms with Gasteiger partial charge in [-0.1, -0.05) is 11.6 Å². The van der Waals surface area contributed by atoms with E-state index < -0.39 is 11.7 Å². The van der Waals surface area contributed by atoms with Crippen LogP contribution in [-0.4, -0.2) is 24.1 Å². The summed E-state index contributed by atoms with van der Waals surface area (Å²) < 4.78 is 13.1. The van der Waals surface area contributed by atoms with Crippen LogP contribution in [0.5, 0.6) is 0 Å². The van der Waals surface area contributed by atoms with Gasteiger partial charge in [-0.25, -0.2) is 4.39 Å². The third-order valence-corrected chi connectivity index (χ3v) is 4.45. The van der Waals surface area contributed by atoms with Crippen LogP contribution in [-0.2, 0) is 9.59 Å². The first-order chi connectivity index (χ1) is 11.5. The van der Waals surface area contributed by atoms with Crippen molar-refractivity contribution in [2.24, 2.45) is 5.73 Å². The van der Waals surface area contributed by atoms with Crippen LogP contribution in [0.15, 0.2) is 53.4 Å². The van der Waals surface area contributed by atoms with Crippen LogP contribution in [0.25, 0.3) is 0 Å². The van der Waals surface area contributed by atoms with Gasteiger partial charge in [-0.2, -0.15) is 0 Å². The minimum atomic E-state index is -0.500. The molecule has 2 amide bonds. The van der Waals surface area contributed by atoms with Crippen molar-refractivity contribution in [2.75, 3.05) is 17.2 Å². The zero-order valence-electron chi connectivity index (χ0n) is 12.7. The minimum absolute atomic E-state index is 0.0364. The smallest absolute Gasteiger partial charge is 0.237 e. The first kappa shape index (κ1) is 18.3. The van der Waals surface area contributed by atoms with Gasteiger partial charge in [0.05, 0.1) is 5.75 Å². The number of rotatable bonds is 7. The van der Waals surface area contributed by atoms with Crippen molar-refractivity contribution in [1.29, 1.82) is 0 Å². The highest BCUT2D eigenvalue weighted by Crippen LogP contribution is 2.22. The van der Waals surface area contributed by atoms with Gasteiger partial charge in [0.2, 0.25) is 11.8 Å². The molecule has 0 aliphatic rings. The van der Waals surface area contributed by atoms with Gasteiger partial charge in [0.25, 0.3) is 0 Å². The maximum absolute atomic E-state index is 13.1. The molecule has 0 saturated heterocycles. The second-order valence-electron chi connectivity index (χ2n) is 4.98. The van der Waals surface area contributed by atoms with Gasteiger partial charge in [0, 0.05) is 28.6 Å². The monoisotopic (exact) mass is 366 g/mol. The topological polar surface area (TPSA) is 63.4 Å². The second-order valence-corrected chi connectivity index (χ2v) is 6.47. The molecule has 2 aromatic rings. The van der Waals surface area contributed by atoms with Gasteiger partial charge < -0.3 is 10.6 Å². The number of nitrogens with two attached hydrogens (primary N) is 1. The van der Waals surface area contributed by atoms with Gasteiger partial charge in [-0.05, 0) is 48.5 Å². The number of carbonyl (C=O) groups excluding carboxylic acids is 2. The molecular formula is C17H16ClFN2O2S. The summed E-state index contributed by atoms with van der Waals surface area (Å²) in [7, 11) is 0. The molecule has 0 aliphatic carbocycles. The lowest BCUT2D eigenvalue weighted by Gasteiger charge is -2.22. The van der Waals surface area contributed by atoms with Crippen LogP contribution in [0.1, 0.15) is 6.42 Å². The lowest BCUT2D eigenvalue weighted by Crippen LogP contribution is -2.35. The molecule has 2 aromatic carbocycles. The largest absolute Gasteiger partial charge is 0.370 e. The van der Waals surface area contributed by atoms with E-state index in [1.807, 2.05) is 12.1 Å². The summed E-state index contributed by atoms with van der Waals surface area (Å²) in [6.07, 6.45) is 0.0364. The lowest BCUT2D eigenvalue weighted by atomic mass is 10.2. The van der Waals surface area contributed by atoms with Crippen molar-refractivity contribution in [1.82, 2.24) is 0 Å². The molecule has 0 spiro atoms. The van der Waals surface area contributed by atoms with Crippen molar-refractivity contribution in [2.45, 2.75) is 11.3 Å². The van der Waals surface area contributed by atoms with Crippen LogP contribution in [0.3, 0.4) is 0 Å². The normalized spacial score (nSPS) is 10.4. The molecule has 0 saturated carbocycles. The third-order valence-electron chi connectivity index (χ3n) is 3.20. The Morgan fingerprint density at radius 1 is 1.08 bits per heavy atom. The zero-order chi connectivity index (χ0) is 17.5. The number of benzene rings is 2. The van der Waals surface area contributed by atoms with Crippen LogP contribution in [0, 0.1) is 5.82 Å². The summed E-state index contributed by atoms with van der Waals surface area (Å²) in [6, 6.07) is 12.7. The molecule has 7 heteroatoms. The summed E-state index contributed by atoms with van der Waals surface area (Å²) >= 11 is 7.19. The van der Waals surface area contributed by atoms with E-state index in [2.05, 4.69) is 0 Å². The molecular weight excluding hydrogens is 351 g/mol. The highest BCUT2D eigenvalue weighted by Gasteiger charge is 2.17. The van der Waals surface area contributed by atoms with Gasteiger partial charge >= 0.3 is 0 Å². The van der Waals surface area contributed by atoms with Crippen LogP contribution < -0.4 is 10.6 Å². The molecule has 0 radical (unpaired) electrons. The molecule has 24 heavy (non-hydrogen) atoms. The number of anilines is 1. The number of carbonyl (C=O) groups is 2. The Labute approximate surface area is 148 Å². The number of thioether (sulfide) groups is 1. The summed E-state index contributed by atoms with van der Waals surface area (Å²) in [5.74, 6) is -0.905. The Kier molecular flexibility index (Phi) is 6.63. The average molecular weight is 367 g/mol. The SMILES string of the molecule is NC(=O)CCN(C(=O)CSc1ccc(Cl)cc1)c1ccc(F)cc1. The summed E-state index contributed by atoms with van der Waals surface area (Å²) in [5.41, 5.74) is 5.69. The van der Waals surface area contributed by atoms with E-state index in [4.69, 9.17) is 17.3 Å². The molecule has 2 N–H and O–H groups in total. The number of hydrogen-bond acceptors (Lipinski definition) is 3. The molecule has 0 aromatic heterocycles. The average Bonchev–Trinajstić information content (AvgIpc) is 2.56. The van der Waals surface area contributed by atoms with Gasteiger partial charge in [-0.3, -0.25) is 9.59 Å². The number of nitrogens with zero attached hydrogens (tertiary/aromatic N) is 1. The van der Waals surface area contributed by atoms with E-state index in [-0.39, 0.29) is 24.6 Å². The fraction of sp³-hybridized carbons (Fsp3) is 0.176. The van der Waals surface area contributed by atoms with Crippen LogP contribution in [0.4, 0.5) is 10.1 Å². The lowest BCUT2D eigenvalue weighted by molar-refractivity contribution is -0.118. The third kappa shape index (κ3) is 5.54. The van der Waals surface area contributed by atoms with Crippen molar-refractivity contribution in [3.8, 4) is 0 Å². The van der Waals surface area contributed by atoms with Gasteiger partial charge in [0.15, 0.2) is 0 Å². The molecule has 0 fully saturated rings. The fourth-order valence-electron chi connectivity index (χ4n) is 1.99. The maximum atomic E-state index is 13.1.